The minimum Gasteiger partial charge on any atom is -0.871 e. The van der Waals surface area contributed by atoms with Gasteiger partial charge >= 0.3 is 124 Å². The molecule has 0 amide bonds. The predicted octanol–water partition coefficient (Wildman–Crippen LogP) is 11.3. The molecular weight excluding hydrogens is 1790 g/mol. The summed E-state index contributed by atoms with van der Waals surface area (Å²) in [6, 6.07) is 33.0. The first-order valence-electron chi connectivity index (χ1n) is 22.7. The zero-order valence-electron chi connectivity index (χ0n) is 44.1. The quantitative estimate of drug-likeness (QED) is 0.0596. The molecule has 4 aromatic carbocycles. The first kappa shape index (κ1) is 89.3. The fourth-order valence-electron chi connectivity index (χ4n) is 4.88. The molecule has 0 atom stereocenters. The van der Waals surface area contributed by atoms with E-state index in [0.717, 1.165) is 31.1 Å². The summed E-state index contributed by atoms with van der Waals surface area (Å²) in [5.74, 6) is -22.7. The third kappa shape index (κ3) is 34.1. The molecule has 94 heavy (non-hydrogen) atoms. The van der Waals surface area contributed by atoms with Gasteiger partial charge in [0.15, 0.2) is 0 Å². The predicted molar refractivity (Wildman–Crippen MR) is 266 cm³/mol. The summed E-state index contributed by atoms with van der Waals surface area (Å²) in [5, 5.41) is 64.4. The van der Waals surface area contributed by atoms with E-state index in [4.69, 9.17) is 0 Å². The molecule has 0 bridgehead atoms. The van der Waals surface area contributed by atoms with Gasteiger partial charge in [0.2, 0.25) is 0 Å². The van der Waals surface area contributed by atoms with Crippen molar-refractivity contribution >= 4 is 101 Å². The summed E-state index contributed by atoms with van der Waals surface area (Å²) >= 11 is 6.76. The van der Waals surface area contributed by atoms with Gasteiger partial charge in [0.1, 0.15) is 0 Å². The number of carbonyl (C=O) groups is 4. The molecule has 0 fully saturated rings. The van der Waals surface area contributed by atoms with Crippen LogP contribution in [0.25, 0.3) is 21.8 Å². The second kappa shape index (κ2) is 37.5. The summed E-state index contributed by atoms with van der Waals surface area (Å²) in [6.45, 7) is 0. The third-order valence-corrected chi connectivity index (χ3v) is 10.1. The number of alkyl halides is 24. The maximum Gasteiger partial charge on any atom is 3.00 e. The molecule has 0 spiro atoms. The number of para-hydroxylation sites is 2. The number of benzene rings is 4. The van der Waals surface area contributed by atoms with E-state index in [1.54, 1.807) is 24.6 Å². The van der Waals surface area contributed by atoms with Crippen LogP contribution in [0.15, 0.2) is 175 Å². The SMILES string of the molecule is O=C(/C=C(\[O-])C(F)(F)F)C(F)(F)F.O=C(/C=C(\[O-])C(F)(F)F)C(F)(F)F.O=C(/C=C(\[O-])C(F)(F)F)C(F)(F)F.O=C(/C=C(\[O-])C(F)(F)F)C(F)(F)F.[Er+3].[Er+3].[O-]c1cccc2ccc(C=Nc3ccc(Br)cc3)nc12.[O-]c1cccc2ccc(C=Nc3ccc(Br)cc3)nc12. The van der Waals surface area contributed by atoms with Gasteiger partial charge in [0, 0.05) is 8.95 Å². The van der Waals surface area contributed by atoms with Gasteiger partial charge in [0.25, 0.3) is 23.1 Å². The zero-order valence-corrected chi connectivity index (χ0v) is 51.0. The Morgan fingerprint density at radius 1 is 0.340 bits per heavy atom. The average molecular weight is 1820 g/mol. The molecule has 0 unspecified atom stereocenters. The molecule has 14 nitrogen and oxygen atoms in total. The van der Waals surface area contributed by atoms with E-state index in [9.17, 15) is 155 Å². The number of halogens is 26. The fraction of sp³-hybridized carbons (Fsp3) is 0.154. The van der Waals surface area contributed by atoms with Crippen LogP contribution in [0.2, 0.25) is 0 Å². The van der Waals surface area contributed by atoms with Crippen molar-refractivity contribution in [2.45, 2.75) is 49.4 Å². The minimum atomic E-state index is -5.46. The second-order valence-corrected chi connectivity index (χ2v) is 17.9. The van der Waals surface area contributed by atoms with Crippen LogP contribution in [0.3, 0.4) is 0 Å². The number of fused-ring (bicyclic) bond motifs is 2. The number of aromatic nitrogens is 2. The number of ketones is 4. The number of nitrogens with zero attached hydrogens (tertiary/aromatic N) is 4. The van der Waals surface area contributed by atoms with Crippen molar-refractivity contribution in [1.29, 1.82) is 0 Å². The Balaban J connectivity index is 0. The molecule has 0 aliphatic carbocycles. The number of carbonyl (C=O) groups excluding carboxylic acids is 4. The molecule has 0 N–H and O–H groups in total. The number of pyridine rings is 2. The Morgan fingerprint density at radius 2 is 0.564 bits per heavy atom. The Kier molecular flexibility index (Phi) is 35.7. The van der Waals surface area contributed by atoms with E-state index in [-0.39, 0.29) is 86.1 Å². The Hall–Kier alpha value is -6.75. The van der Waals surface area contributed by atoms with Crippen molar-refractivity contribution in [3.63, 3.8) is 0 Å². The maximum absolute atomic E-state index is 11.7. The molecular formula is C52H24Br2Er2F24N4O10. The van der Waals surface area contributed by atoms with Crippen molar-refractivity contribution < 1.29 is 230 Å². The Labute approximate surface area is 583 Å². The van der Waals surface area contributed by atoms with Gasteiger partial charge in [0.05, 0.1) is 46.2 Å². The maximum atomic E-state index is 11.7. The molecule has 0 saturated heterocycles. The number of rotatable bonds is 8. The topological polar surface area (TPSA) is 257 Å². The van der Waals surface area contributed by atoms with Crippen LogP contribution in [0.5, 0.6) is 11.5 Å². The third-order valence-electron chi connectivity index (χ3n) is 9.04. The van der Waals surface area contributed by atoms with Crippen LogP contribution in [0.4, 0.5) is 117 Å². The standard InChI is InChI=1S/2C16H11BrN2O.4C5H2F6O2.2Er/c2*17-12-5-8-13(9-6-12)18-10-14-7-4-11-2-1-3-15(20)16(11)19-14;4*6-4(7,8)2(12)1-3(13)5(9,10)11;;/h2*1-10,20H;4*1,12H;;/q;;;;;;2*+3/p-6/b;;4*2-1-;;. The van der Waals surface area contributed by atoms with Gasteiger partial charge in [-0.25, -0.2) is 9.97 Å². The number of allylic oxidation sites excluding steroid dienone is 8. The monoisotopic (exact) mass is 1810 g/mol. The zero-order chi connectivity index (χ0) is 71.3. The molecule has 2 radical (unpaired) electrons. The van der Waals surface area contributed by atoms with E-state index in [1.807, 2.05) is 84.9 Å². The van der Waals surface area contributed by atoms with Gasteiger partial charge < -0.3 is 30.6 Å². The van der Waals surface area contributed by atoms with Crippen molar-refractivity contribution in [3.8, 4) is 11.5 Å². The molecule has 6 rings (SSSR count). The summed E-state index contributed by atoms with van der Waals surface area (Å²) in [4.78, 5) is 56.6. The van der Waals surface area contributed by atoms with Gasteiger partial charge in [-0.3, -0.25) is 29.2 Å². The number of aliphatic imine (C=N–C) groups is 2. The Morgan fingerprint density at radius 3 is 0.766 bits per heavy atom. The summed E-state index contributed by atoms with van der Waals surface area (Å²) in [5.41, 5.74) is 3.97. The van der Waals surface area contributed by atoms with E-state index >= 15 is 0 Å². The summed E-state index contributed by atoms with van der Waals surface area (Å²) in [6.07, 6.45) is -44.4. The summed E-state index contributed by atoms with van der Waals surface area (Å²) in [7, 11) is 0. The van der Waals surface area contributed by atoms with Crippen LogP contribution >= 0.6 is 31.9 Å². The largest absolute Gasteiger partial charge is 3.00 e. The van der Waals surface area contributed by atoms with E-state index in [2.05, 4.69) is 51.8 Å². The smallest absolute Gasteiger partial charge is 0.871 e. The molecule has 0 aliphatic rings. The van der Waals surface area contributed by atoms with Crippen LogP contribution in [-0.2, 0) is 19.2 Å². The molecule has 0 aliphatic heterocycles. The molecule has 518 valence electrons. The minimum absolute atomic E-state index is 0. The molecule has 2 aromatic heterocycles. The summed E-state index contributed by atoms with van der Waals surface area (Å²) < 4.78 is 273. The van der Waals surface area contributed by atoms with Crippen molar-refractivity contribution in [1.82, 2.24) is 9.97 Å². The van der Waals surface area contributed by atoms with E-state index in [0.29, 0.717) is 22.4 Å². The first-order chi connectivity index (χ1) is 41.6. The van der Waals surface area contributed by atoms with Crippen LogP contribution in [0.1, 0.15) is 11.4 Å². The van der Waals surface area contributed by atoms with Gasteiger partial charge in [-0.05, 0) is 119 Å². The van der Waals surface area contributed by atoms with Gasteiger partial charge in [-0.15, -0.1) is 0 Å². The van der Waals surface area contributed by atoms with Crippen molar-refractivity contribution in [2.24, 2.45) is 9.98 Å². The van der Waals surface area contributed by atoms with Crippen molar-refractivity contribution in [3.05, 3.63) is 177 Å². The van der Waals surface area contributed by atoms with Crippen LogP contribution < -0.4 is 30.6 Å². The Bertz CT molecular complexity index is 3370. The molecule has 42 heteroatoms. The normalized spacial score (nSPS) is 12.8. The number of hydrogen-bond donors (Lipinski definition) is 0. The molecule has 6 aromatic rings. The van der Waals surface area contributed by atoms with Crippen molar-refractivity contribution in [2.75, 3.05) is 0 Å². The number of hydrogen-bond acceptors (Lipinski definition) is 14. The molecule has 0 saturated carbocycles. The molecule has 2 heterocycles. The fourth-order valence-corrected chi connectivity index (χ4v) is 5.41. The van der Waals surface area contributed by atoms with Gasteiger partial charge in [-0.1, -0.05) is 91.9 Å². The van der Waals surface area contributed by atoms with Crippen LogP contribution in [-0.4, -0.2) is 94.9 Å². The van der Waals surface area contributed by atoms with E-state index < -0.39 is 120 Å². The van der Waals surface area contributed by atoms with Gasteiger partial charge in [-0.2, -0.15) is 105 Å². The first-order valence-corrected chi connectivity index (χ1v) is 24.2. The second-order valence-electron chi connectivity index (χ2n) is 16.1. The van der Waals surface area contributed by atoms with E-state index in [1.165, 1.54) is 12.1 Å². The van der Waals surface area contributed by atoms with Crippen LogP contribution in [0, 0.1) is 74.6 Å². The average Bonchev–Trinajstić information content (AvgIpc) is 0.837.